The van der Waals surface area contributed by atoms with E-state index in [2.05, 4.69) is 31.0 Å². The van der Waals surface area contributed by atoms with Crippen LogP contribution in [0.2, 0.25) is 0 Å². The second-order valence-electron chi connectivity index (χ2n) is 10.5. The molecule has 0 aliphatic carbocycles. The van der Waals surface area contributed by atoms with Crippen LogP contribution in [0.15, 0.2) is 18.2 Å². The molecule has 2 N–H and O–H groups in total. The highest BCUT2D eigenvalue weighted by atomic mass is 16.6. The first-order valence-electron chi connectivity index (χ1n) is 13.1. The average Bonchev–Trinajstić information content (AvgIpc) is 3.21. The first kappa shape index (κ1) is 31.1. The zero-order valence-corrected chi connectivity index (χ0v) is 24.8. The SMILES string of the molecule is COCCCOc1cc(C(=O)C[n+]2nc3c(C)cc(OC(COC)COC)nn3c2N)cc(C(C)(C)C)c1OC. The molecule has 0 unspecified atom stereocenters. The summed E-state index contributed by atoms with van der Waals surface area (Å²) in [7, 11) is 6.42. The number of anilines is 1. The second kappa shape index (κ2) is 13.7. The van der Waals surface area contributed by atoms with Crippen molar-refractivity contribution in [3.05, 3.63) is 34.9 Å². The van der Waals surface area contributed by atoms with E-state index < -0.39 is 0 Å². The number of benzene rings is 1. The van der Waals surface area contributed by atoms with Crippen LogP contribution in [0.1, 0.15) is 48.7 Å². The molecule has 0 saturated carbocycles. The molecular formula is C28H42N5O7+. The van der Waals surface area contributed by atoms with Gasteiger partial charge in [-0.05, 0) is 24.5 Å². The van der Waals surface area contributed by atoms with Crippen LogP contribution in [0.5, 0.6) is 17.4 Å². The number of hydrogen-bond acceptors (Lipinski definition) is 10. The number of nitrogens with zero attached hydrogens (tertiary/aromatic N) is 4. The summed E-state index contributed by atoms with van der Waals surface area (Å²) in [4.78, 5) is 13.6. The molecule has 0 atom stereocenters. The van der Waals surface area contributed by atoms with Crippen LogP contribution in [0.25, 0.3) is 5.65 Å². The van der Waals surface area contributed by atoms with E-state index in [4.69, 9.17) is 34.2 Å². The van der Waals surface area contributed by atoms with Gasteiger partial charge in [-0.15, -0.1) is 4.68 Å². The number of aryl methyl sites for hydroxylation is 1. The number of aromatic nitrogens is 4. The Morgan fingerprint density at radius 1 is 1.05 bits per heavy atom. The molecule has 2 aromatic heterocycles. The lowest BCUT2D eigenvalue weighted by atomic mass is 9.84. The summed E-state index contributed by atoms with van der Waals surface area (Å²) in [5, 5.41) is 9.05. The van der Waals surface area contributed by atoms with Crippen molar-refractivity contribution in [1.82, 2.24) is 14.7 Å². The summed E-state index contributed by atoms with van der Waals surface area (Å²) in [5.41, 5.74) is 8.72. The van der Waals surface area contributed by atoms with Gasteiger partial charge in [-0.2, -0.15) is 0 Å². The number of nitrogen functional groups attached to an aromatic ring is 1. The lowest BCUT2D eigenvalue weighted by Gasteiger charge is -2.25. The lowest BCUT2D eigenvalue weighted by Crippen LogP contribution is -2.42. The van der Waals surface area contributed by atoms with E-state index in [-0.39, 0.29) is 29.8 Å². The van der Waals surface area contributed by atoms with Crippen molar-refractivity contribution in [2.24, 2.45) is 0 Å². The largest absolute Gasteiger partial charge is 0.493 e. The highest BCUT2D eigenvalue weighted by Gasteiger charge is 2.28. The average molecular weight is 561 g/mol. The van der Waals surface area contributed by atoms with Crippen molar-refractivity contribution >= 4 is 17.4 Å². The van der Waals surface area contributed by atoms with E-state index in [9.17, 15) is 4.79 Å². The summed E-state index contributed by atoms with van der Waals surface area (Å²) in [6.45, 7) is 9.59. The van der Waals surface area contributed by atoms with E-state index in [0.29, 0.717) is 61.4 Å². The number of carbonyl (C=O) groups is 1. The molecule has 12 heteroatoms. The first-order chi connectivity index (χ1) is 19.0. The van der Waals surface area contributed by atoms with Gasteiger partial charge in [-0.3, -0.25) is 10.5 Å². The van der Waals surface area contributed by atoms with Crippen LogP contribution in [-0.4, -0.2) is 81.5 Å². The van der Waals surface area contributed by atoms with Gasteiger partial charge in [0.05, 0.1) is 26.9 Å². The minimum absolute atomic E-state index is 0.0974. The van der Waals surface area contributed by atoms with Crippen molar-refractivity contribution in [2.45, 2.75) is 52.2 Å². The maximum atomic E-state index is 13.6. The number of methoxy groups -OCH3 is 4. The predicted molar refractivity (Wildman–Crippen MR) is 149 cm³/mol. The van der Waals surface area contributed by atoms with Gasteiger partial charge in [0.2, 0.25) is 5.88 Å². The van der Waals surface area contributed by atoms with Gasteiger partial charge < -0.3 is 28.4 Å². The minimum Gasteiger partial charge on any atom is -0.493 e. The van der Waals surface area contributed by atoms with Crippen molar-refractivity contribution in [1.29, 1.82) is 0 Å². The van der Waals surface area contributed by atoms with Gasteiger partial charge in [0.1, 0.15) is 6.10 Å². The second-order valence-corrected chi connectivity index (χ2v) is 10.5. The van der Waals surface area contributed by atoms with Crippen LogP contribution in [0.4, 0.5) is 5.95 Å². The third kappa shape index (κ3) is 7.38. The van der Waals surface area contributed by atoms with E-state index in [0.717, 1.165) is 11.1 Å². The smallest absolute Gasteiger partial charge is 0.401 e. The molecule has 40 heavy (non-hydrogen) atoms. The molecule has 2 heterocycles. The third-order valence-electron chi connectivity index (χ3n) is 6.21. The fourth-order valence-corrected chi connectivity index (χ4v) is 4.23. The molecule has 3 aromatic rings. The molecule has 0 saturated heterocycles. The standard InChI is InChI=1S/C28H41N5O7/c1-18-12-24(40-20(16-36-6)17-37-7)30-33-26(18)31-32(27(33)29)15-22(34)19-13-21(28(2,3)4)25(38-8)23(14-19)39-11-9-10-35-5/h12-14,20,29H,9-11,15-17H2,1-8H3/p+1. The van der Waals surface area contributed by atoms with Gasteiger partial charge in [0, 0.05) is 57.1 Å². The number of hydrogen-bond donors (Lipinski definition) is 1. The summed E-state index contributed by atoms with van der Waals surface area (Å²) < 4.78 is 36.1. The number of fused-ring (bicyclic) bond motifs is 1. The first-order valence-corrected chi connectivity index (χ1v) is 13.1. The molecule has 0 bridgehead atoms. The summed E-state index contributed by atoms with van der Waals surface area (Å²) in [6, 6.07) is 5.31. The fourth-order valence-electron chi connectivity index (χ4n) is 4.23. The van der Waals surface area contributed by atoms with Gasteiger partial charge >= 0.3 is 5.95 Å². The van der Waals surface area contributed by atoms with Gasteiger partial charge in [-0.1, -0.05) is 35.5 Å². The Balaban J connectivity index is 1.94. The molecule has 0 aliphatic heterocycles. The van der Waals surface area contributed by atoms with E-state index in [1.165, 1.54) is 9.20 Å². The topological polar surface area (TPSA) is 133 Å². The molecule has 0 fully saturated rings. The number of carbonyl (C=O) groups excluding carboxylic acids is 1. The van der Waals surface area contributed by atoms with Crippen molar-refractivity contribution in [3.63, 3.8) is 0 Å². The molecule has 220 valence electrons. The number of nitrogens with two attached hydrogens (primary N) is 1. The van der Waals surface area contributed by atoms with Crippen LogP contribution in [-0.2, 0) is 26.2 Å². The van der Waals surface area contributed by atoms with Crippen LogP contribution in [0.3, 0.4) is 0 Å². The Hall–Kier alpha value is -3.48. The Morgan fingerprint density at radius 3 is 2.35 bits per heavy atom. The molecule has 0 aliphatic rings. The quantitative estimate of drug-likeness (QED) is 0.168. The Morgan fingerprint density at radius 2 is 1.75 bits per heavy atom. The molecule has 3 rings (SSSR count). The van der Waals surface area contributed by atoms with Crippen LogP contribution < -0.4 is 24.6 Å². The highest BCUT2D eigenvalue weighted by Crippen LogP contribution is 2.40. The number of ketones is 1. The van der Waals surface area contributed by atoms with Crippen molar-refractivity contribution < 1.29 is 37.9 Å². The monoisotopic (exact) mass is 560 g/mol. The fraction of sp³-hybridized carbons (Fsp3) is 0.571. The highest BCUT2D eigenvalue weighted by molar-refractivity contribution is 5.96. The maximum Gasteiger partial charge on any atom is 0.401 e. The summed E-state index contributed by atoms with van der Waals surface area (Å²) >= 11 is 0. The van der Waals surface area contributed by atoms with Gasteiger partial charge in [0.25, 0.3) is 5.65 Å². The molecule has 0 radical (unpaired) electrons. The van der Waals surface area contributed by atoms with Crippen molar-refractivity contribution in [2.75, 3.05) is 60.6 Å². The molecule has 12 nitrogen and oxygen atoms in total. The molecule has 0 spiro atoms. The number of Topliss-reactive ketones (excluding diaryl/α,β-unsaturated/α-hetero) is 1. The Labute approximate surface area is 235 Å². The molecule has 0 amide bonds. The third-order valence-corrected chi connectivity index (χ3v) is 6.21. The zero-order chi connectivity index (χ0) is 29.4. The predicted octanol–water partition coefficient (Wildman–Crippen LogP) is 2.55. The van der Waals surface area contributed by atoms with Gasteiger partial charge in [-0.25, -0.2) is 0 Å². The summed E-state index contributed by atoms with van der Waals surface area (Å²) in [5.74, 6) is 1.45. The van der Waals surface area contributed by atoms with E-state index >= 15 is 0 Å². The lowest BCUT2D eigenvalue weighted by molar-refractivity contribution is -0.723. The van der Waals surface area contributed by atoms with Crippen LogP contribution >= 0.6 is 0 Å². The zero-order valence-electron chi connectivity index (χ0n) is 24.8. The number of ether oxygens (including phenoxy) is 6. The van der Waals surface area contributed by atoms with E-state index in [1.807, 2.05) is 13.0 Å². The van der Waals surface area contributed by atoms with Gasteiger partial charge in [0.15, 0.2) is 23.8 Å². The maximum absolute atomic E-state index is 13.6. The van der Waals surface area contributed by atoms with Crippen LogP contribution in [0, 0.1) is 6.92 Å². The Bertz CT molecular complexity index is 1300. The molecular weight excluding hydrogens is 518 g/mol. The minimum atomic E-state index is -0.351. The molecule has 1 aromatic carbocycles. The van der Waals surface area contributed by atoms with E-state index in [1.54, 1.807) is 40.6 Å². The van der Waals surface area contributed by atoms with Crippen molar-refractivity contribution in [3.8, 4) is 17.4 Å². The summed E-state index contributed by atoms with van der Waals surface area (Å²) in [6.07, 6.45) is 0.349. The normalized spacial score (nSPS) is 11.8. The number of rotatable bonds is 15. The Kier molecular flexibility index (Phi) is 10.7.